The highest BCUT2D eigenvalue weighted by atomic mass is 16.6. The lowest BCUT2D eigenvalue weighted by Gasteiger charge is -2.28. The molecule has 130 valence electrons. The van der Waals surface area contributed by atoms with Crippen LogP contribution in [0, 0.1) is 0 Å². The highest BCUT2D eigenvalue weighted by Gasteiger charge is 2.35. The summed E-state index contributed by atoms with van der Waals surface area (Å²) in [5.41, 5.74) is 0.118. The second-order valence-corrected chi connectivity index (χ2v) is 6.90. The first kappa shape index (κ1) is 16.5. The van der Waals surface area contributed by atoms with Crippen molar-refractivity contribution in [3.8, 4) is 0 Å². The van der Waals surface area contributed by atoms with Gasteiger partial charge in [-0.3, -0.25) is 14.8 Å². The average Bonchev–Trinajstić information content (AvgIpc) is 3.14. The molecule has 0 aromatic carbocycles. The van der Waals surface area contributed by atoms with Gasteiger partial charge in [0.2, 0.25) is 0 Å². The van der Waals surface area contributed by atoms with Crippen LogP contribution in [0.5, 0.6) is 0 Å². The van der Waals surface area contributed by atoms with E-state index in [9.17, 15) is 9.59 Å². The first-order valence-electron chi connectivity index (χ1n) is 8.11. The number of cyclic esters (lactones) is 1. The molecule has 1 aromatic heterocycles. The first-order chi connectivity index (χ1) is 11.3. The molecule has 2 fully saturated rings. The summed E-state index contributed by atoms with van der Waals surface area (Å²) in [6.07, 6.45) is 4.07. The number of anilines is 1. The molecule has 2 saturated heterocycles. The zero-order valence-corrected chi connectivity index (χ0v) is 14.2. The Morgan fingerprint density at radius 2 is 2.12 bits per heavy atom. The molecule has 1 atom stereocenters. The lowest BCUT2D eigenvalue weighted by molar-refractivity contribution is 0.0221. The van der Waals surface area contributed by atoms with Crippen molar-refractivity contribution in [1.82, 2.24) is 14.9 Å². The highest BCUT2D eigenvalue weighted by molar-refractivity contribution is 5.87. The summed E-state index contributed by atoms with van der Waals surface area (Å²) in [6, 6.07) is -0.189. The van der Waals surface area contributed by atoms with E-state index in [0.29, 0.717) is 31.2 Å². The topological polar surface area (TPSA) is 84.9 Å². The summed E-state index contributed by atoms with van der Waals surface area (Å²) in [4.78, 5) is 35.9. The third-order valence-corrected chi connectivity index (χ3v) is 3.90. The number of hydrogen-bond donors (Lipinski definition) is 0. The van der Waals surface area contributed by atoms with E-state index in [1.807, 2.05) is 20.8 Å². The largest absolute Gasteiger partial charge is 0.447 e. The van der Waals surface area contributed by atoms with Crippen molar-refractivity contribution >= 4 is 18.0 Å². The summed E-state index contributed by atoms with van der Waals surface area (Å²) in [5.74, 6) is 0.450. The molecule has 0 bridgehead atoms. The summed E-state index contributed by atoms with van der Waals surface area (Å²) in [7, 11) is 0. The average molecular weight is 334 g/mol. The molecule has 8 nitrogen and oxygen atoms in total. The molecule has 2 aliphatic heterocycles. The number of carbonyl (C=O) groups excluding carboxylic acids is 2. The van der Waals surface area contributed by atoms with Crippen LogP contribution in [0.25, 0.3) is 0 Å². The molecule has 2 amide bonds. The summed E-state index contributed by atoms with van der Waals surface area (Å²) < 4.78 is 10.4. The van der Waals surface area contributed by atoms with E-state index in [1.165, 1.54) is 11.1 Å². The minimum absolute atomic E-state index is 0.189. The van der Waals surface area contributed by atoms with Crippen LogP contribution in [-0.2, 0) is 9.47 Å². The number of nitrogens with zero attached hydrogens (tertiary/aromatic N) is 4. The van der Waals surface area contributed by atoms with Gasteiger partial charge in [-0.15, -0.1) is 0 Å². The van der Waals surface area contributed by atoms with E-state index in [0.717, 1.165) is 12.8 Å². The number of rotatable bonds is 2. The smallest absolute Gasteiger partial charge is 0.415 e. The van der Waals surface area contributed by atoms with E-state index in [-0.39, 0.29) is 12.1 Å². The van der Waals surface area contributed by atoms with Gasteiger partial charge in [-0.1, -0.05) is 0 Å². The lowest BCUT2D eigenvalue weighted by atomic mass is 10.1. The van der Waals surface area contributed by atoms with Gasteiger partial charge >= 0.3 is 12.2 Å². The monoisotopic (exact) mass is 334 g/mol. The van der Waals surface area contributed by atoms with E-state index < -0.39 is 11.7 Å². The summed E-state index contributed by atoms with van der Waals surface area (Å²) >= 11 is 0. The van der Waals surface area contributed by atoms with Crippen LogP contribution < -0.4 is 4.90 Å². The molecule has 0 saturated carbocycles. The fourth-order valence-corrected chi connectivity index (χ4v) is 2.88. The van der Waals surface area contributed by atoms with Gasteiger partial charge in [-0.25, -0.2) is 14.6 Å². The van der Waals surface area contributed by atoms with Crippen molar-refractivity contribution in [3.05, 3.63) is 18.1 Å². The molecule has 2 aliphatic rings. The zero-order chi connectivity index (χ0) is 17.3. The third-order valence-electron chi connectivity index (χ3n) is 3.90. The maximum Gasteiger partial charge on any atom is 0.415 e. The number of ether oxygens (including phenoxy) is 2. The van der Waals surface area contributed by atoms with Gasteiger partial charge in [0.25, 0.3) is 0 Å². The Balaban J connectivity index is 1.80. The molecule has 8 heteroatoms. The predicted octanol–water partition coefficient (Wildman–Crippen LogP) is 2.51. The van der Waals surface area contributed by atoms with Gasteiger partial charge < -0.3 is 9.47 Å². The van der Waals surface area contributed by atoms with Gasteiger partial charge in [0.1, 0.15) is 12.2 Å². The normalized spacial score (nSPS) is 21.1. The van der Waals surface area contributed by atoms with Gasteiger partial charge in [0.15, 0.2) is 5.82 Å². The first-order valence-corrected chi connectivity index (χ1v) is 8.11. The summed E-state index contributed by atoms with van der Waals surface area (Å²) in [6.45, 7) is 6.95. The van der Waals surface area contributed by atoms with Crippen molar-refractivity contribution in [2.75, 3.05) is 24.6 Å². The van der Waals surface area contributed by atoms with E-state index in [4.69, 9.17) is 9.47 Å². The molecular weight excluding hydrogens is 312 g/mol. The van der Waals surface area contributed by atoms with Gasteiger partial charge in [-0.2, -0.15) is 0 Å². The number of likely N-dealkylation sites (tertiary alicyclic amines) is 1. The van der Waals surface area contributed by atoms with Crippen molar-refractivity contribution in [2.45, 2.75) is 45.3 Å². The molecule has 3 rings (SSSR count). The quantitative estimate of drug-likeness (QED) is 0.826. The van der Waals surface area contributed by atoms with Gasteiger partial charge in [-0.05, 0) is 33.6 Å². The Morgan fingerprint density at radius 1 is 1.33 bits per heavy atom. The van der Waals surface area contributed by atoms with Crippen molar-refractivity contribution in [2.24, 2.45) is 0 Å². The van der Waals surface area contributed by atoms with Gasteiger partial charge in [0, 0.05) is 6.54 Å². The van der Waals surface area contributed by atoms with Crippen LogP contribution >= 0.6 is 0 Å². The van der Waals surface area contributed by atoms with Crippen LogP contribution in [0.4, 0.5) is 15.4 Å². The number of hydrogen-bond acceptors (Lipinski definition) is 6. The maximum absolute atomic E-state index is 12.4. The fraction of sp³-hybridized carbons (Fsp3) is 0.625. The molecule has 0 spiro atoms. The van der Waals surface area contributed by atoms with Crippen LogP contribution in [0.2, 0.25) is 0 Å². The number of carbonyl (C=O) groups is 2. The third kappa shape index (κ3) is 3.42. The Morgan fingerprint density at radius 3 is 2.79 bits per heavy atom. The second kappa shape index (κ2) is 6.26. The Labute approximate surface area is 140 Å². The van der Waals surface area contributed by atoms with E-state index in [1.54, 1.807) is 11.1 Å². The minimum atomic E-state index is -0.545. The van der Waals surface area contributed by atoms with Crippen LogP contribution in [0.15, 0.2) is 12.4 Å². The van der Waals surface area contributed by atoms with Crippen LogP contribution in [-0.4, -0.2) is 52.4 Å². The molecular formula is C16H22N4O4. The van der Waals surface area contributed by atoms with Crippen molar-refractivity contribution < 1.29 is 19.1 Å². The number of amides is 2. The van der Waals surface area contributed by atoms with Crippen LogP contribution in [0.3, 0.4) is 0 Å². The molecule has 1 aromatic rings. The van der Waals surface area contributed by atoms with Gasteiger partial charge in [0.05, 0.1) is 30.7 Å². The maximum atomic E-state index is 12.4. The molecule has 0 radical (unpaired) electrons. The lowest BCUT2D eigenvalue weighted by Crippen LogP contribution is -2.36. The highest BCUT2D eigenvalue weighted by Crippen LogP contribution is 2.32. The Bertz CT molecular complexity index is 643. The van der Waals surface area contributed by atoms with E-state index >= 15 is 0 Å². The second-order valence-electron chi connectivity index (χ2n) is 6.90. The Kier molecular flexibility index (Phi) is 4.29. The Hall–Kier alpha value is -2.38. The standard InChI is InChI=1S/C16H22N4O4/c1-16(2,3)24-15(22)19-6-4-5-12(19)11-9-17-10-13(18-11)20-7-8-23-14(20)21/h9-10,12H,4-8H2,1-3H3/t12-/m0/s1. The SMILES string of the molecule is CC(C)(C)OC(=O)N1CCC[C@H]1c1cncc(N2CCOC2=O)n1. The predicted molar refractivity (Wildman–Crippen MR) is 85.6 cm³/mol. The molecule has 0 aliphatic carbocycles. The molecule has 3 heterocycles. The van der Waals surface area contributed by atoms with Crippen LogP contribution in [0.1, 0.15) is 45.3 Å². The van der Waals surface area contributed by atoms with Crippen molar-refractivity contribution in [3.63, 3.8) is 0 Å². The van der Waals surface area contributed by atoms with Crippen molar-refractivity contribution in [1.29, 1.82) is 0 Å². The number of aromatic nitrogens is 2. The summed E-state index contributed by atoms with van der Waals surface area (Å²) in [5, 5.41) is 0. The minimum Gasteiger partial charge on any atom is -0.447 e. The fourth-order valence-electron chi connectivity index (χ4n) is 2.88. The molecule has 0 N–H and O–H groups in total. The zero-order valence-electron chi connectivity index (χ0n) is 14.2. The molecule has 0 unspecified atom stereocenters. The molecule has 24 heavy (non-hydrogen) atoms. The van der Waals surface area contributed by atoms with E-state index in [2.05, 4.69) is 9.97 Å².